The molecule has 19 heavy (non-hydrogen) atoms. The topological polar surface area (TPSA) is 26.0 Å². The average Bonchev–Trinajstić information content (AvgIpc) is 2.52. The van der Waals surface area contributed by atoms with Crippen molar-refractivity contribution in [1.29, 1.82) is 0 Å². The molecule has 0 aliphatic heterocycles. The van der Waals surface area contributed by atoms with E-state index in [0.29, 0.717) is 18.4 Å². The first-order valence-electron chi connectivity index (χ1n) is 6.20. The molecule has 5 heteroatoms. The van der Waals surface area contributed by atoms with Gasteiger partial charge in [-0.05, 0) is 42.4 Å². The Hall–Kier alpha value is -1.10. The van der Waals surface area contributed by atoms with Crippen molar-refractivity contribution in [2.75, 3.05) is 0 Å². The zero-order chi connectivity index (χ0) is 14.5. The van der Waals surface area contributed by atoms with Crippen LogP contribution in [0.15, 0.2) is 18.2 Å². The molecule has 0 heterocycles. The van der Waals surface area contributed by atoms with Crippen molar-refractivity contribution < 1.29 is 17.6 Å². The molecule has 1 aromatic rings. The Morgan fingerprint density at radius 1 is 1.16 bits per heavy atom. The molecular weight excluding hydrogens is 258 g/mol. The summed E-state index contributed by atoms with van der Waals surface area (Å²) in [5, 5.41) is 0. The Balaban J connectivity index is 2.36. The molecule has 1 unspecified atom stereocenters. The molecule has 0 bridgehead atoms. The number of halogens is 4. The van der Waals surface area contributed by atoms with E-state index in [1.807, 2.05) is 0 Å². The fraction of sp³-hybridized carbons (Fsp3) is 0.571. The van der Waals surface area contributed by atoms with Gasteiger partial charge < -0.3 is 5.73 Å². The number of nitrogens with two attached hydrogens (primary N) is 1. The van der Waals surface area contributed by atoms with E-state index in [0.717, 1.165) is 18.6 Å². The first-order valence-corrected chi connectivity index (χ1v) is 6.20. The second kappa shape index (κ2) is 4.20. The highest BCUT2D eigenvalue weighted by Gasteiger charge is 2.42. The van der Waals surface area contributed by atoms with Crippen LogP contribution in [0.2, 0.25) is 0 Å². The van der Waals surface area contributed by atoms with Crippen molar-refractivity contribution in [2.45, 2.75) is 44.8 Å². The van der Waals surface area contributed by atoms with Crippen LogP contribution in [0.25, 0.3) is 0 Å². The van der Waals surface area contributed by atoms with Crippen LogP contribution in [0.4, 0.5) is 17.6 Å². The average molecular weight is 275 g/mol. The molecule has 0 amide bonds. The maximum atomic E-state index is 13.6. The Morgan fingerprint density at radius 3 is 2.21 bits per heavy atom. The molecule has 1 atom stereocenters. The van der Waals surface area contributed by atoms with Gasteiger partial charge >= 0.3 is 6.18 Å². The number of alkyl halides is 3. The summed E-state index contributed by atoms with van der Waals surface area (Å²) < 4.78 is 51.1. The normalized spacial score (nSPS) is 26.7. The monoisotopic (exact) mass is 275 g/mol. The molecule has 2 N–H and O–H groups in total. The molecule has 1 aromatic carbocycles. The molecule has 1 aliphatic carbocycles. The minimum absolute atomic E-state index is 0.0356. The van der Waals surface area contributed by atoms with E-state index in [-0.39, 0.29) is 5.41 Å². The summed E-state index contributed by atoms with van der Waals surface area (Å²) in [4.78, 5) is 0. The van der Waals surface area contributed by atoms with Gasteiger partial charge in [-0.15, -0.1) is 0 Å². The molecular formula is C14H17F4N. The standard InChI is InChI=1S/C14H17F4N/c1-12(2)5-6-13(19,8-12)9-3-4-10(11(15)7-9)14(16,17)18/h3-4,7H,5-6,8,19H2,1-2H3. The summed E-state index contributed by atoms with van der Waals surface area (Å²) in [5.41, 5.74) is 4.75. The molecule has 1 aliphatic rings. The lowest BCUT2D eigenvalue weighted by atomic mass is 9.84. The third kappa shape index (κ3) is 2.76. The predicted molar refractivity (Wildman–Crippen MR) is 64.9 cm³/mol. The van der Waals surface area contributed by atoms with Gasteiger partial charge in [-0.2, -0.15) is 13.2 Å². The van der Waals surface area contributed by atoms with Gasteiger partial charge in [0.05, 0.1) is 5.56 Å². The molecule has 2 rings (SSSR count). The fourth-order valence-electron chi connectivity index (χ4n) is 2.89. The number of hydrogen-bond donors (Lipinski definition) is 1. The molecule has 0 saturated heterocycles. The molecule has 1 saturated carbocycles. The van der Waals surface area contributed by atoms with Crippen molar-refractivity contribution in [2.24, 2.45) is 11.1 Å². The van der Waals surface area contributed by atoms with Gasteiger partial charge in [0.1, 0.15) is 5.82 Å². The van der Waals surface area contributed by atoms with Crippen LogP contribution in [-0.2, 0) is 11.7 Å². The minimum atomic E-state index is -4.67. The smallest absolute Gasteiger partial charge is 0.321 e. The Labute approximate surface area is 109 Å². The zero-order valence-electron chi connectivity index (χ0n) is 10.9. The number of rotatable bonds is 1. The lowest BCUT2D eigenvalue weighted by Crippen LogP contribution is -2.34. The fourth-order valence-corrected chi connectivity index (χ4v) is 2.89. The maximum Gasteiger partial charge on any atom is 0.419 e. The van der Waals surface area contributed by atoms with Crippen LogP contribution >= 0.6 is 0 Å². The van der Waals surface area contributed by atoms with E-state index < -0.39 is 23.1 Å². The van der Waals surface area contributed by atoms with Crippen LogP contribution in [0.1, 0.15) is 44.2 Å². The third-order valence-electron chi connectivity index (χ3n) is 3.89. The van der Waals surface area contributed by atoms with Crippen molar-refractivity contribution in [3.63, 3.8) is 0 Å². The van der Waals surface area contributed by atoms with E-state index in [4.69, 9.17) is 5.73 Å². The van der Waals surface area contributed by atoms with Crippen LogP contribution in [0, 0.1) is 11.2 Å². The van der Waals surface area contributed by atoms with Gasteiger partial charge in [0.25, 0.3) is 0 Å². The predicted octanol–water partition coefficient (Wildman–Crippen LogP) is 4.21. The summed E-state index contributed by atoms with van der Waals surface area (Å²) in [6.45, 7) is 4.12. The Bertz CT molecular complexity index is 493. The highest BCUT2D eigenvalue weighted by molar-refractivity contribution is 5.32. The number of hydrogen-bond acceptors (Lipinski definition) is 1. The summed E-state index contributed by atoms with van der Waals surface area (Å²) in [6.07, 6.45) is -2.49. The first kappa shape index (κ1) is 14.3. The third-order valence-corrected chi connectivity index (χ3v) is 3.89. The lowest BCUT2D eigenvalue weighted by Gasteiger charge is -2.27. The Morgan fingerprint density at radius 2 is 1.79 bits per heavy atom. The summed E-state index contributed by atoms with van der Waals surface area (Å²) in [5.74, 6) is -1.25. The second-order valence-electron chi connectivity index (χ2n) is 6.19. The molecule has 0 spiro atoms. The molecule has 1 nitrogen and oxygen atoms in total. The van der Waals surface area contributed by atoms with Crippen molar-refractivity contribution in [3.8, 4) is 0 Å². The Kier molecular flexibility index (Phi) is 3.16. The van der Waals surface area contributed by atoms with Gasteiger partial charge in [0.2, 0.25) is 0 Å². The van der Waals surface area contributed by atoms with E-state index in [1.54, 1.807) is 0 Å². The van der Waals surface area contributed by atoms with E-state index in [9.17, 15) is 17.6 Å². The SMILES string of the molecule is CC1(C)CCC(N)(c2ccc(C(F)(F)F)c(F)c2)C1. The summed E-state index contributed by atoms with van der Waals surface area (Å²) >= 11 is 0. The molecule has 0 radical (unpaired) electrons. The van der Waals surface area contributed by atoms with Crippen LogP contribution < -0.4 is 5.73 Å². The van der Waals surface area contributed by atoms with Gasteiger partial charge in [-0.3, -0.25) is 0 Å². The van der Waals surface area contributed by atoms with Crippen LogP contribution in [0.5, 0.6) is 0 Å². The van der Waals surface area contributed by atoms with Gasteiger partial charge in [-0.25, -0.2) is 4.39 Å². The van der Waals surface area contributed by atoms with E-state index in [1.165, 1.54) is 6.07 Å². The van der Waals surface area contributed by atoms with Crippen molar-refractivity contribution >= 4 is 0 Å². The highest BCUT2D eigenvalue weighted by atomic mass is 19.4. The van der Waals surface area contributed by atoms with Crippen molar-refractivity contribution in [1.82, 2.24) is 0 Å². The molecule has 0 aromatic heterocycles. The summed E-state index contributed by atoms with van der Waals surface area (Å²) in [6, 6.07) is 3.02. The maximum absolute atomic E-state index is 13.6. The number of benzene rings is 1. The summed E-state index contributed by atoms with van der Waals surface area (Å²) in [7, 11) is 0. The van der Waals surface area contributed by atoms with E-state index in [2.05, 4.69) is 13.8 Å². The highest BCUT2D eigenvalue weighted by Crippen LogP contribution is 2.47. The van der Waals surface area contributed by atoms with Crippen LogP contribution in [-0.4, -0.2) is 0 Å². The largest absolute Gasteiger partial charge is 0.419 e. The quantitative estimate of drug-likeness (QED) is 0.763. The molecule has 106 valence electrons. The minimum Gasteiger partial charge on any atom is -0.321 e. The van der Waals surface area contributed by atoms with Gasteiger partial charge in [0, 0.05) is 5.54 Å². The second-order valence-corrected chi connectivity index (χ2v) is 6.19. The van der Waals surface area contributed by atoms with Crippen molar-refractivity contribution in [3.05, 3.63) is 35.1 Å². The lowest BCUT2D eigenvalue weighted by molar-refractivity contribution is -0.140. The van der Waals surface area contributed by atoms with E-state index >= 15 is 0 Å². The van der Waals surface area contributed by atoms with Crippen LogP contribution in [0.3, 0.4) is 0 Å². The van der Waals surface area contributed by atoms with Gasteiger partial charge in [-0.1, -0.05) is 19.9 Å². The van der Waals surface area contributed by atoms with Gasteiger partial charge in [0.15, 0.2) is 0 Å². The first-order chi connectivity index (χ1) is 8.54. The zero-order valence-corrected chi connectivity index (χ0v) is 10.9. The molecule has 1 fully saturated rings.